The molecule has 2 heterocycles. The summed E-state index contributed by atoms with van der Waals surface area (Å²) in [5.41, 5.74) is 16.4. The number of primary amides is 1. The molecule has 6 nitrogen and oxygen atoms in total. The first kappa shape index (κ1) is 17.4. The molecule has 2 aromatic heterocycles. The van der Waals surface area contributed by atoms with E-state index in [0.29, 0.717) is 5.56 Å². The monoisotopic (exact) mass is 363 g/mol. The third-order valence-corrected chi connectivity index (χ3v) is 5.72. The van der Waals surface area contributed by atoms with Crippen LogP contribution in [0.2, 0.25) is 0 Å². The van der Waals surface area contributed by atoms with Gasteiger partial charge in [-0.15, -0.1) is 0 Å². The van der Waals surface area contributed by atoms with Crippen LogP contribution in [0.1, 0.15) is 43.5 Å². The van der Waals surface area contributed by atoms with Crippen LogP contribution < -0.4 is 16.8 Å². The molecule has 0 radical (unpaired) electrons. The largest absolute Gasteiger partial charge is 0.399 e. The second kappa shape index (κ2) is 6.30. The molecular formula is C21H25N5O. The number of nitrogens with zero attached hydrogens (tertiary/aromatic N) is 2. The number of anilines is 2. The lowest BCUT2D eigenvalue weighted by Gasteiger charge is -2.29. The summed E-state index contributed by atoms with van der Waals surface area (Å²) < 4.78 is 1.79. The summed E-state index contributed by atoms with van der Waals surface area (Å²) in [7, 11) is 0. The Morgan fingerprint density at radius 1 is 1.26 bits per heavy atom. The van der Waals surface area contributed by atoms with E-state index in [9.17, 15) is 4.79 Å². The number of fused-ring (bicyclic) bond motifs is 1. The Labute approximate surface area is 158 Å². The SMILES string of the molecule is CC1(C)CCC[C@H]1Nc1c(C(N)=O)cnn2cc(-c3ccc(N)cc3)cc12. The van der Waals surface area contributed by atoms with E-state index >= 15 is 0 Å². The van der Waals surface area contributed by atoms with Crippen molar-refractivity contribution < 1.29 is 4.79 Å². The number of hydrogen-bond acceptors (Lipinski definition) is 4. The van der Waals surface area contributed by atoms with Crippen molar-refractivity contribution in [3.8, 4) is 11.1 Å². The lowest BCUT2D eigenvalue weighted by Crippen LogP contribution is -2.32. The van der Waals surface area contributed by atoms with Gasteiger partial charge in [0.05, 0.1) is 23.0 Å². The lowest BCUT2D eigenvalue weighted by molar-refractivity contribution is 0.100. The van der Waals surface area contributed by atoms with Crippen LogP contribution in [0, 0.1) is 5.41 Å². The standard InChI is InChI=1S/C21H25N5O/c1-21(2)9-3-4-18(21)25-19-16(20(23)27)11-24-26-12-14(10-17(19)26)13-5-7-15(22)8-6-13/h5-8,10-12,18,25H,3-4,9,22H2,1-2H3,(H2,23,27)/t18-/m1/s1. The Hall–Kier alpha value is -3.02. The smallest absolute Gasteiger partial charge is 0.252 e. The van der Waals surface area contributed by atoms with E-state index in [2.05, 4.69) is 24.3 Å². The van der Waals surface area contributed by atoms with Gasteiger partial charge in [0, 0.05) is 23.5 Å². The molecular weight excluding hydrogens is 338 g/mol. The van der Waals surface area contributed by atoms with E-state index in [1.165, 1.54) is 6.42 Å². The molecule has 0 aliphatic heterocycles. The molecule has 3 aromatic rings. The maximum absolute atomic E-state index is 12.0. The number of nitrogens with one attached hydrogen (secondary N) is 1. The summed E-state index contributed by atoms with van der Waals surface area (Å²) in [6.07, 6.45) is 6.92. The normalized spacial score (nSPS) is 18.7. The van der Waals surface area contributed by atoms with Crippen molar-refractivity contribution in [2.45, 2.75) is 39.2 Å². The van der Waals surface area contributed by atoms with Gasteiger partial charge >= 0.3 is 0 Å². The fraction of sp³-hybridized carbons (Fsp3) is 0.333. The van der Waals surface area contributed by atoms with Gasteiger partial charge < -0.3 is 16.8 Å². The average molecular weight is 363 g/mol. The number of carbonyl (C=O) groups excluding carboxylic acids is 1. The predicted molar refractivity (Wildman–Crippen MR) is 109 cm³/mol. The minimum atomic E-state index is -0.474. The first-order valence-corrected chi connectivity index (χ1v) is 9.29. The first-order valence-electron chi connectivity index (χ1n) is 9.29. The maximum atomic E-state index is 12.0. The molecule has 1 aliphatic carbocycles. The second-order valence-electron chi connectivity index (χ2n) is 8.06. The van der Waals surface area contributed by atoms with Crippen LogP contribution in [0.3, 0.4) is 0 Å². The van der Waals surface area contributed by atoms with Crippen molar-refractivity contribution in [1.82, 2.24) is 9.61 Å². The molecule has 1 saturated carbocycles. The zero-order valence-corrected chi connectivity index (χ0v) is 15.7. The number of rotatable bonds is 4. The van der Waals surface area contributed by atoms with E-state index in [1.54, 1.807) is 10.7 Å². The van der Waals surface area contributed by atoms with Crippen molar-refractivity contribution in [1.29, 1.82) is 0 Å². The van der Waals surface area contributed by atoms with E-state index in [0.717, 1.165) is 40.9 Å². The maximum Gasteiger partial charge on any atom is 0.252 e. The summed E-state index contributed by atoms with van der Waals surface area (Å²) in [6.45, 7) is 4.52. The van der Waals surface area contributed by atoms with Gasteiger partial charge in [0.15, 0.2) is 0 Å². The van der Waals surface area contributed by atoms with Crippen molar-refractivity contribution >= 4 is 22.8 Å². The Morgan fingerprint density at radius 3 is 2.63 bits per heavy atom. The number of nitrogens with two attached hydrogens (primary N) is 2. The molecule has 140 valence electrons. The fourth-order valence-electron chi connectivity index (χ4n) is 4.00. The number of aromatic nitrogens is 2. The Morgan fingerprint density at radius 2 is 2.00 bits per heavy atom. The van der Waals surface area contributed by atoms with Gasteiger partial charge in [-0.2, -0.15) is 5.10 Å². The van der Waals surface area contributed by atoms with Crippen molar-refractivity contribution in [3.63, 3.8) is 0 Å². The number of hydrogen-bond donors (Lipinski definition) is 3. The molecule has 0 unspecified atom stereocenters. The van der Waals surface area contributed by atoms with Gasteiger partial charge in [-0.3, -0.25) is 4.79 Å². The van der Waals surface area contributed by atoms with Crippen LogP contribution >= 0.6 is 0 Å². The highest BCUT2D eigenvalue weighted by molar-refractivity contribution is 6.02. The van der Waals surface area contributed by atoms with Gasteiger partial charge in [0.25, 0.3) is 5.91 Å². The zero-order chi connectivity index (χ0) is 19.2. The lowest BCUT2D eigenvalue weighted by atomic mass is 9.87. The molecule has 0 spiro atoms. The minimum absolute atomic E-state index is 0.168. The number of amides is 1. The predicted octanol–water partition coefficient (Wildman–Crippen LogP) is 3.67. The van der Waals surface area contributed by atoms with Crippen LogP contribution in [0.15, 0.2) is 42.7 Å². The van der Waals surface area contributed by atoms with Gasteiger partial charge in [-0.25, -0.2) is 4.52 Å². The third kappa shape index (κ3) is 3.12. The highest BCUT2D eigenvalue weighted by Gasteiger charge is 2.35. The fourth-order valence-corrected chi connectivity index (χ4v) is 4.00. The van der Waals surface area contributed by atoms with Crippen molar-refractivity contribution in [3.05, 3.63) is 48.3 Å². The zero-order valence-electron chi connectivity index (χ0n) is 15.7. The Balaban J connectivity index is 1.82. The van der Waals surface area contributed by atoms with Gasteiger partial charge in [-0.05, 0) is 42.0 Å². The molecule has 1 amide bonds. The second-order valence-corrected chi connectivity index (χ2v) is 8.06. The van der Waals surface area contributed by atoms with E-state index < -0.39 is 5.91 Å². The van der Waals surface area contributed by atoms with E-state index in [-0.39, 0.29) is 11.5 Å². The molecule has 27 heavy (non-hydrogen) atoms. The highest BCUT2D eigenvalue weighted by atomic mass is 16.1. The quantitative estimate of drug-likeness (QED) is 0.616. The summed E-state index contributed by atoms with van der Waals surface area (Å²) in [4.78, 5) is 12.0. The summed E-state index contributed by atoms with van der Waals surface area (Å²) in [6, 6.07) is 10.0. The number of carbonyl (C=O) groups is 1. The molecule has 5 N–H and O–H groups in total. The first-order chi connectivity index (χ1) is 12.8. The summed E-state index contributed by atoms with van der Waals surface area (Å²) in [5.74, 6) is -0.474. The van der Waals surface area contributed by atoms with Crippen molar-refractivity contribution in [2.75, 3.05) is 11.1 Å². The summed E-state index contributed by atoms with van der Waals surface area (Å²) in [5, 5.41) is 8.01. The third-order valence-electron chi connectivity index (χ3n) is 5.72. The number of benzene rings is 1. The number of nitrogen functional groups attached to an aromatic ring is 1. The molecule has 6 heteroatoms. The van der Waals surface area contributed by atoms with E-state index in [4.69, 9.17) is 11.5 Å². The minimum Gasteiger partial charge on any atom is -0.399 e. The molecule has 1 aromatic carbocycles. The van der Waals surface area contributed by atoms with Crippen molar-refractivity contribution in [2.24, 2.45) is 11.1 Å². The topological polar surface area (TPSA) is 98.4 Å². The van der Waals surface area contributed by atoms with Crippen LogP contribution in [-0.4, -0.2) is 21.6 Å². The molecule has 4 rings (SSSR count). The van der Waals surface area contributed by atoms with Gasteiger partial charge in [-0.1, -0.05) is 32.4 Å². The molecule has 1 aliphatic rings. The van der Waals surface area contributed by atoms with E-state index in [1.807, 2.05) is 36.5 Å². The molecule has 0 bridgehead atoms. The Bertz CT molecular complexity index is 1000. The highest BCUT2D eigenvalue weighted by Crippen LogP contribution is 2.40. The van der Waals surface area contributed by atoms with Crippen LogP contribution in [0.4, 0.5) is 11.4 Å². The molecule has 0 saturated heterocycles. The summed E-state index contributed by atoms with van der Waals surface area (Å²) >= 11 is 0. The van der Waals surface area contributed by atoms with Crippen LogP contribution in [0.25, 0.3) is 16.6 Å². The average Bonchev–Trinajstić information content (AvgIpc) is 3.19. The van der Waals surface area contributed by atoms with Crippen LogP contribution in [-0.2, 0) is 0 Å². The van der Waals surface area contributed by atoms with Gasteiger partial charge in [0.2, 0.25) is 0 Å². The Kier molecular flexibility index (Phi) is 4.06. The molecule has 1 atom stereocenters. The van der Waals surface area contributed by atoms with Gasteiger partial charge in [0.1, 0.15) is 0 Å². The van der Waals surface area contributed by atoms with Crippen LogP contribution in [0.5, 0.6) is 0 Å². The molecule has 1 fully saturated rings.